The lowest BCUT2D eigenvalue weighted by Crippen LogP contribution is -2.75. The van der Waals surface area contributed by atoms with Gasteiger partial charge in [-0.3, -0.25) is 9.13 Å². The molecular weight excluding hydrogens is 316 g/mol. The zero-order valence-corrected chi connectivity index (χ0v) is 13.5. The fourth-order valence-electron chi connectivity index (χ4n) is 6.87. The number of halogens is 1. The molecule has 0 amide bonds. The van der Waals surface area contributed by atoms with E-state index in [1.54, 1.807) is 17.8 Å². The van der Waals surface area contributed by atoms with Crippen LogP contribution in [0.5, 0.6) is 0 Å². The van der Waals surface area contributed by atoms with Crippen molar-refractivity contribution in [2.75, 3.05) is 0 Å². The minimum absolute atomic E-state index is 0.0466. The maximum atomic E-state index is 12.8. The van der Waals surface area contributed by atoms with Crippen LogP contribution in [0, 0.1) is 23.2 Å². The first-order chi connectivity index (χ1) is 11.0. The average molecular weight is 333 g/mol. The second-order valence-electron chi connectivity index (χ2n) is 8.05. The van der Waals surface area contributed by atoms with Gasteiger partial charge in [-0.05, 0) is 55.0 Å². The monoisotopic (exact) mass is 332 g/mol. The molecule has 6 rings (SSSR count). The van der Waals surface area contributed by atoms with E-state index in [0.29, 0.717) is 23.4 Å². The van der Waals surface area contributed by atoms with Crippen LogP contribution in [0.2, 0.25) is 5.28 Å². The van der Waals surface area contributed by atoms with Crippen molar-refractivity contribution in [2.45, 2.75) is 37.3 Å². The lowest BCUT2D eigenvalue weighted by atomic mass is 9.34. The number of aryl methyl sites for hydroxylation is 1. The molecule has 2 aromatic heterocycles. The third-order valence-corrected chi connectivity index (χ3v) is 7.70. The predicted molar refractivity (Wildman–Crippen MR) is 83.1 cm³/mol. The molecule has 4 aliphatic rings. The standard InChI is InChI=1S/C16H17ClN4O2/c1-20-10-6-18-13(17)19-12(10)21(14(20)22)11-8-2-7-3-15(23)5-9(11)16(8,15)4-7/h6-9,11,23H,2-5H2,1H3. The SMILES string of the molecule is Cn1c(=O)n(C2C3CC4CC5(O)CC2C35C4)c2nc(Cl)ncc21. The third-order valence-electron chi connectivity index (χ3n) is 7.51. The van der Waals surface area contributed by atoms with Gasteiger partial charge in [-0.2, -0.15) is 4.98 Å². The molecule has 1 spiro atoms. The van der Waals surface area contributed by atoms with Crippen molar-refractivity contribution in [1.82, 2.24) is 19.1 Å². The summed E-state index contributed by atoms with van der Waals surface area (Å²) in [6.45, 7) is 0. The van der Waals surface area contributed by atoms with Gasteiger partial charge in [0.15, 0.2) is 5.65 Å². The van der Waals surface area contributed by atoms with Gasteiger partial charge in [0.2, 0.25) is 5.28 Å². The summed E-state index contributed by atoms with van der Waals surface area (Å²) in [7, 11) is 1.75. The van der Waals surface area contributed by atoms with Crippen LogP contribution in [0.15, 0.2) is 11.0 Å². The van der Waals surface area contributed by atoms with Gasteiger partial charge in [0.1, 0.15) is 5.52 Å². The van der Waals surface area contributed by atoms with Crippen LogP contribution in [0.1, 0.15) is 31.7 Å². The Bertz CT molecular complexity index is 951. The molecule has 6 nitrogen and oxygen atoms in total. The number of hydrogen-bond donors (Lipinski definition) is 1. The van der Waals surface area contributed by atoms with Crippen molar-refractivity contribution >= 4 is 22.8 Å². The highest BCUT2D eigenvalue weighted by atomic mass is 35.5. The Hall–Kier alpha value is -1.40. The number of aromatic nitrogens is 4. The Kier molecular flexibility index (Phi) is 1.97. The number of aliphatic hydroxyl groups is 1. The minimum atomic E-state index is -0.456. The van der Waals surface area contributed by atoms with Crippen LogP contribution in [0.3, 0.4) is 0 Å². The highest BCUT2D eigenvalue weighted by Gasteiger charge is 2.84. The summed E-state index contributed by atoms with van der Waals surface area (Å²) in [5, 5.41) is 11.1. The summed E-state index contributed by atoms with van der Waals surface area (Å²) in [4.78, 5) is 21.2. The van der Waals surface area contributed by atoms with Gasteiger partial charge in [0.25, 0.3) is 0 Å². The first-order valence-electron chi connectivity index (χ1n) is 8.28. The molecule has 0 aromatic carbocycles. The van der Waals surface area contributed by atoms with Crippen molar-refractivity contribution in [2.24, 2.45) is 30.2 Å². The fourth-order valence-corrected chi connectivity index (χ4v) is 7.00. The normalized spacial score (nSPS) is 45.9. The van der Waals surface area contributed by atoms with E-state index >= 15 is 0 Å². The molecule has 0 saturated heterocycles. The molecule has 0 radical (unpaired) electrons. The topological polar surface area (TPSA) is 72.9 Å². The van der Waals surface area contributed by atoms with E-state index in [2.05, 4.69) is 9.97 Å². The van der Waals surface area contributed by atoms with Crippen molar-refractivity contribution in [3.05, 3.63) is 22.0 Å². The van der Waals surface area contributed by atoms with Crippen LogP contribution in [0.25, 0.3) is 11.2 Å². The quantitative estimate of drug-likeness (QED) is 0.803. The first kappa shape index (κ1) is 13.0. The zero-order valence-electron chi connectivity index (χ0n) is 12.7. The number of rotatable bonds is 1. The summed E-state index contributed by atoms with van der Waals surface area (Å²) < 4.78 is 3.44. The van der Waals surface area contributed by atoms with E-state index in [1.807, 2.05) is 4.57 Å². The smallest absolute Gasteiger partial charge is 0.330 e. The fraction of sp³-hybridized carbons (Fsp3) is 0.688. The zero-order chi connectivity index (χ0) is 15.7. The molecule has 4 saturated carbocycles. The van der Waals surface area contributed by atoms with Gasteiger partial charge in [0, 0.05) is 18.5 Å². The van der Waals surface area contributed by atoms with Crippen molar-refractivity contribution < 1.29 is 5.11 Å². The van der Waals surface area contributed by atoms with Gasteiger partial charge < -0.3 is 5.11 Å². The first-order valence-corrected chi connectivity index (χ1v) is 8.66. The highest BCUT2D eigenvalue weighted by Crippen LogP contribution is 2.85. The van der Waals surface area contributed by atoms with Crippen LogP contribution in [-0.2, 0) is 7.05 Å². The van der Waals surface area contributed by atoms with Crippen LogP contribution in [0.4, 0.5) is 0 Å². The average Bonchev–Trinajstić information content (AvgIpc) is 3.06. The number of hydrogen-bond acceptors (Lipinski definition) is 4. The van der Waals surface area contributed by atoms with Gasteiger partial charge in [-0.1, -0.05) is 0 Å². The molecule has 1 N–H and O–H groups in total. The van der Waals surface area contributed by atoms with E-state index in [9.17, 15) is 9.90 Å². The molecule has 0 aliphatic heterocycles. The molecule has 23 heavy (non-hydrogen) atoms. The van der Waals surface area contributed by atoms with Crippen LogP contribution in [-0.4, -0.2) is 29.8 Å². The van der Waals surface area contributed by atoms with Crippen LogP contribution < -0.4 is 5.69 Å². The number of nitrogens with zero attached hydrogens (tertiary/aromatic N) is 4. The van der Waals surface area contributed by atoms with E-state index in [4.69, 9.17) is 11.6 Å². The molecule has 4 fully saturated rings. The van der Waals surface area contributed by atoms with Gasteiger partial charge in [-0.25, -0.2) is 9.78 Å². The molecule has 120 valence electrons. The molecule has 2 aromatic rings. The molecule has 2 bridgehead atoms. The van der Waals surface area contributed by atoms with Gasteiger partial charge in [0.05, 0.1) is 11.8 Å². The molecule has 2 heterocycles. The Morgan fingerprint density at radius 2 is 2.17 bits per heavy atom. The molecule has 4 aliphatic carbocycles. The lowest BCUT2D eigenvalue weighted by Gasteiger charge is -2.73. The van der Waals surface area contributed by atoms with Crippen molar-refractivity contribution in [3.8, 4) is 0 Å². The maximum absolute atomic E-state index is 12.8. The Balaban J connectivity index is 1.57. The second-order valence-corrected chi connectivity index (χ2v) is 8.39. The molecule has 7 heteroatoms. The third kappa shape index (κ3) is 1.12. The second kappa shape index (κ2) is 3.49. The largest absolute Gasteiger partial charge is 0.389 e. The van der Waals surface area contributed by atoms with Gasteiger partial charge in [-0.15, -0.1) is 0 Å². The lowest BCUT2D eigenvalue weighted by molar-refractivity contribution is -0.310. The summed E-state index contributed by atoms with van der Waals surface area (Å²) >= 11 is 5.97. The Labute approximate surface area is 137 Å². The van der Waals surface area contributed by atoms with E-state index in [1.165, 1.54) is 0 Å². The Morgan fingerprint density at radius 3 is 2.96 bits per heavy atom. The van der Waals surface area contributed by atoms with Crippen LogP contribution >= 0.6 is 11.6 Å². The summed E-state index contributed by atoms with van der Waals surface area (Å²) in [5.74, 6) is 1.44. The minimum Gasteiger partial charge on any atom is -0.389 e. The molecular formula is C16H17ClN4O2. The van der Waals surface area contributed by atoms with Gasteiger partial charge >= 0.3 is 5.69 Å². The molecule has 6 atom stereocenters. The predicted octanol–water partition coefficient (Wildman–Crippen LogP) is 1.51. The summed E-state index contributed by atoms with van der Waals surface area (Å²) in [6.07, 6.45) is 5.68. The van der Waals surface area contributed by atoms with E-state index in [-0.39, 0.29) is 22.4 Å². The number of fused-ring (bicyclic) bond motifs is 2. The van der Waals surface area contributed by atoms with E-state index in [0.717, 1.165) is 31.2 Å². The highest BCUT2D eigenvalue weighted by molar-refractivity contribution is 6.28. The Morgan fingerprint density at radius 1 is 1.35 bits per heavy atom. The summed E-state index contributed by atoms with van der Waals surface area (Å²) in [6, 6.07) is 0.155. The summed E-state index contributed by atoms with van der Waals surface area (Å²) in [5.41, 5.74) is 0.937. The van der Waals surface area contributed by atoms with E-state index < -0.39 is 5.60 Å². The van der Waals surface area contributed by atoms with Crippen molar-refractivity contribution in [1.29, 1.82) is 0 Å². The molecule has 6 unspecified atom stereocenters. The number of imidazole rings is 1. The maximum Gasteiger partial charge on any atom is 0.330 e. The van der Waals surface area contributed by atoms with Crippen molar-refractivity contribution in [3.63, 3.8) is 0 Å².